The van der Waals surface area contributed by atoms with Crippen LogP contribution in [0.3, 0.4) is 0 Å². The molecule has 39 heavy (non-hydrogen) atoms. The molecule has 8 nitrogen and oxygen atoms in total. The van der Waals surface area contributed by atoms with Gasteiger partial charge in [0.2, 0.25) is 5.95 Å². The summed E-state index contributed by atoms with van der Waals surface area (Å²) in [5, 5.41) is 11.5. The van der Waals surface area contributed by atoms with Crippen LogP contribution in [-0.4, -0.2) is 40.5 Å². The molecule has 2 heterocycles. The Balaban J connectivity index is 1.68. The van der Waals surface area contributed by atoms with E-state index in [1.807, 2.05) is 39.8 Å². The third-order valence-corrected chi connectivity index (χ3v) is 6.86. The van der Waals surface area contributed by atoms with Gasteiger partial charge < -0.3 is 19.6 Å². The molecule has 1 aliphatic heterocycles. The molecular weight excluding hydrogens is 494 g/mol. The third kappa shape index (κ3) is 4.85. The minimum Gasteiger partial charge on any atom is -0.507 e. The number of rotatable bonds is 7. The highest BCUT2D eigenvalue weighted by Crippen LogP contribution is 2.42. The fraction of sp³-hybridized carbons (Fsp3) is 0.258. The van der Waals surface area contributed by atoms with E-state index in [2.05, 4.69) is 9.97 Å². The van der Waals surface area contributed by atoms with E-state index >= 15 is 0 Å². The Morgan fingerprint density at radius 1 is 1.03 bits per heavy atom. The van der Waals surface area contributed by atoms with Crippen molar-refractivity contribution in [2.24, 2.45) is 5.92 Å². The number of aryl methyl sites for hydroxylation is 2. The Morgan fingerprint density at radius 3 is 2.49 bits per heavy atom. The molecule has 8 heteroatoms. The van der Waals surface area contributed by atoms with Gasteiger partial charge in [-0.3, -0.25) is 14.5 Å². The van der Waals surface area contributed by atoms with Crippen LogP contribution >= 0.6 is 0 Å². The first-order valence-corrected chi connectivity index (χ1v) is 12.8. The highest BCUT2D eigenvalue weighted by molar-refractivity contribution is 6.51. The molecular formula is C31H31N3O5. The third-order valence-electron chi connectivity index (χ3n) is 6.86. The number of nitrogens with one attached hydrogen (secondary N) is 1. The summed E-state index contributed by atoms with van der Waals surface area (Å²) in [6.45, 7) is 8.57. The summed E-state index contributed by atoms with van der Waals surface area (Å²) in [7, 11) is 1.54. The van der Waals surface area contributed by atoms with Gasteiger partial charge in [-0.2, -0.15) is 0 Å². The van der Waals surface area contributed by atoms with Crippen molar-refractivity contribution >= 4 is 34.4 Å². The van der Waals surface area contributed by atoms with Gasteiger partial charge in [0.25, 0.3) is 5.78 Å². The number of ether oxygens (including phenoxy) is 2. The van der Waals surface area contributed by atoms with E-state index in [-0.39, 0.29) is 17.3 Å². The van der Waals surface area contributed by atoms with E-state index in [1.54, 1.807) is 55.6 Å². The number of imidazole rings is 1. The number of anilines is 1. The van der Waals surface area contributed by atoms with E-state index in [4.69, 9.17) is 9.47 Å². The molecule has 0 aliphatic carbocycles. The summed E-state index contributed by atoms with van der Waals surface area (Å²) < 4.78 is 11.2. The second kappa shape index (κ2) is 10.3. The average Bonchev–Trinajstić information content (AvgIpc) is 3.44. The fourth-order valence-corrected chi connectivity index (χ4v) is 4.70. The molecule has 3 aromatic carbocycles. The molecule has 1 atom stereocenters. The van der Waals surface area contributed by atoms with E-state index < -0.39 is 17.7 Å². The van der Waals surface area contributed by atoms with Crippen molar-refractivity contribution in [3.8, 4) is 11.5 Å². The first-order valence-electron chi connectivity index (χ1n) is 12.8. The SMILES string of the molecule is COc1cccc(C2/C(=C(\O)c3cccc(OCC(C)C)c3)C(=O)C(=O)N2c2nc3cc(C)c(C)cc3[nH]2)c1. The minimum absolute atomic E-state index is 0.0397. The molecule has 1 amide bonds. The zero-order valence-corrected chi connectivity index (χ0v) is 22.6. The van der Waals surface area contributed by atoms with Crippen molar-refractivity contribution in [3.63, 3.8) is 0 Å². The van der Waals surface area contributed by atoms with Crippen LogP contribution in [0.1, 0.15) is 42.1 Å². The molecule has 0 saturated carbocycles. The summed E-state index contributed by atoms with van der Waals surface area (Å²) in [6, 6.07) is 16.9. The summed E-state index contributed by atoms with van der Waals surface area (Å²) in [4.78, 5) is 36.3. The lowest BCUT2D eigenvalue weighted by molar-refractivity contribution is -0.132. The second-order valence-corrected chi connectivity index (χ2v) is 10.2. The van der Waals surface area contributed by atoms with Crippen LogP contribution in [0.15, 0.2) is 66.2 Å². The zero-order chi connectivity index (χ0) is 27.8. The molecule has 4 aromatic rings. The van der Waals surface area contributed by atoms with Crippen LogP contribution in [0.4, 0.5) is 5.95 Å². The lowest BCUT2D eigenvalue weighted by atomic mass is 9.95. The molecule has 1 fully saturated rings. The van der Waals surface area contributed by atoms with Crippen molar-refractivity contribution in [1.29, 1.82) is 0 Å². The molecule has 5 rings (SSSR count). The number of ketones is 1. The van der Waals surface area contributed by atoms with Gasteiger partial charge in [0.1, 0.15) is 17.3 Å². The van der Waals surface area contributed by atoms with E-state index in [9.17, 15) is 14.7 Å². The van der Waals surface area contributed by atoms with Gasteiger partial charge in [-0.1, -0.05) is 38.1 Å². The minimum atomic E-state index is -0.942. The molecule has 200 valence electrons. The van der Waals surface area contributed by atoms with E-state index in [0.29, 0.717) is 40.7 Å². The first kappa shape index (κ1) is 26.0. The lowest BCUT2D eigenvalue weighted by Crippen LogP contribution is -2.30. The highest BCUT2D eigenvalue weighted by atomic mass is 16.5. The van der Waals surface area contributed by atoms with E-state index in [1.165, 1.54) is 4.90 Å². The largest absolute Gasteiger partial charge is 0.507 e. The number of methoxy groups -OCH3 is 1. The van der Waals surface area contributed by atoms with Crippen LogP contribution in [0, 0.1) is 19.8 Å². The Labute approximate surface area is 226 Å². The topological polar surface area (TPSA) is 105 Å². The number of carbonyl (C=O) groups is 2. The average molecular weight is 526 g/mol. The molecule has 0 spiro atoms. The number of carbonyl (C=O) groups excluding carboxylic acids is 2. The van der Waals surface area contributed by atoms with Crippen molar-refractivity contribution in [2.75, 3.05) is 18.6 Å². The van der Waals surface area contributed by atoms with Crippen LogP contribution in [0.25, 0.3) is 16.8 Å². The Bertz CT molecular complexity index is 1580. The standard InChI is InChI=1S/C31H31N3O5/c1-17(2)16-39-23-11-7-9-21(15-23)28(35)26-27(20-8-6-10-22(14-20)38-5)34(30(37)29(26)36)31-32-24-12-18(3)19(4)13-25(24)33-31/h6-15,17,27,35H,16H2,1-5H3,(H,32,33)/b28-26+. The highest BCUT2D eigenvalue weighted by Gasteiger charge is 2.48. The van der Waals surface area contributed by atoms with Crippen molar-refractivity contribution in [3.05, 3.63) is 88.5 Å². The fourth-order valence-electron chi connectivity index (χ4n) is 4.70. The van der Waals surface area contributed by atoms with Crippen molar-refractivity contribution in [1.82, 2.24) is 9.97 Å². The number of hydrogen-bond donors (Lipinski definition) is 2. The van der Waals surface area contributed by atoms with Crippen molar-refractivity contribution in [2.45, 2.75) is 33.7 Å². The number of aliphatic hydroxyl groups is 1. The smallest absolute Gasteiger partial charge is 0.302 e. The molecule has 1 aromatic heterocycles. The summed E-state index contributed by atoms with van der Waals surface area (Å²) in [5.74, 6) is -0.233. The van der Waals surface area contributed by atoms with Crippen LogP contribution in [0.2, 0.25) is 0 Å². The number of aromatic nitrogens is 2. The summed E-state index contributed by atoms with van der Waals surface area (Å²) in [5.41, 5.74) is 4.48. The Kier molecular flexibility index (Phi) is 6.87. The number of hydrogen-bond acceptors (Lipinski definition) is 6. The number of benzene rings is 3. The van der Waals surface area contributed by atoms with Gasteiger partial charge in [0.15, 0.2) is 0 Å². The number of Topliss-reactive ketones (excluding diaryl/α,β-unsaturated/α-hetero) is 1. The molecule has 0 bridgehead atoms. The van der Waals surface area contributed by atoms with Crippen LogP contribution in [-0.2, 0) is 9.59 Å². The van der Waals surface area contributed by atoms with Gasteiger partial charge in [0.05, 0.1) is 36.4 Å². The number of amides is 1. The normalized spacial score (nSPS) is 16.9. The molecule has 2 N–H and O–H groups in total. The quantitative estimate of drug-likeness (QED) is 0.178. The number of aliphatic hydroxyl groups excluding tert-OH is 1. The number of nitrogens with zero attached hydrogens (tertiary/aromatic N) is 2. The lowest BCUT2D eigenvalue weighted by Gasteiger charge is -2.23. The summed E-state index contributed by atoms with van der Waals surface area (Å²) >= 11 is 0. The first-order chi connectivity index (χ1) is 18.7. The maximum atomic E-state index is 13.6. The predicted octanol–water partition coefficient (Wildman–Crippen LogP) is 5.85. The predicted molar refractivity (Wildman–Crippen MR) is 150 cm³/mol. The second-order valence-electron chi connectivity index (χ2n) is 10.2. The van der Waals surface area contributed by atoms with E-state index in [0.717, 1.165) is 16.6 Å². The van der Waals surface area contributed by atoms with Crippen LogP contribution < -0.4 is 14.4 Å². The van der Waals surface area contributed by atoms with Gasteiger partial charge in [-0.25, -0.2) is 4.98 Å². The maximum absolute atomic E-state index is 13.6. The molecule has 1 aliphatic rings. The van der Waals surface area contributed by atoms with Gasteiger partial charge in [0, 0.05) is 5.56 Å². The van der Waals surface area contributed by atoms with Crippen molar-refractivity contribution < 1.29 is 24.2 Å². The van der Waals surface area contributed by atoms with Gasteiger partial charge >= 0.3 is 5.91 Å². The molecule has 1 saturated heterocycles. The Morgan fingerprint density at radius 2 is 1.74 bits per heavy atom. The zero-order valence-electron chi connectivity index (χ0n) is 22.6. The van der Waals surface area contributed by atoms with Gasteiger partial charge in [-0.15, -0.1) is 0 Å². The molecule has 1 unspecified atom stereocenters. The van der Waals surface area contributed by atoms with Crippen LogP contribution in [0.5, 0.6) is 11.5 Å². The molecule has 0 radical (unpaired) electrons. The number of fused-ring (bicyclic) bond motifs is 1. The monoisotopic (exact) mass is 525 g/mol. The Hall–Kier alpha value is -4.59. The maximum Gasteiger partial charge on any atom is 0.302 e. The summed E-state index contributed by atoms with van der Waals surface area (Å²) in [6.07, 6.45) is 0. The number of H-pyrrole nitrogens is 1. The van der Waals surface area contributed by atoms with Gasteiger partial charge in [-0.05, 0) is 72.9 Å². The number of aromatic amines is 1.